The zero-order valence-corrected chi connectivity index (χ0v) is 14.5. The summed E-state index contributed by atoms with van der Waals surface area (Å²) in [4.78, 5) is 9.66. The van der Waals surface area contributed by atoms with Gasteiger partial charge in [-0.2, -0.15) is 0 Å². The van der Waals surface area contributed by atoms with Crippen molar-refractivity contribution in [2.24, 2.45) is 0 Å². The Morgan fingerprint density at radius 2 is 2.00 bits per heavy atom. The molecule has 3 nitrogen and oxygen atoms in total. The van der Waals surface area contributed by atoms with E-state index in [-0.39, 0.29) is 5.41 Å². The van der Waals surface area contributed by atoms with Crippen LogP contribution in [0, 0.1) is 0 Å². The van der Waals surface area contributed by atoms with E-state index in [1.165, 1.54) is 15.3 Å². The molecule has 2 aromatic rings. The summed E-state index contributed by atoms with van der Waals surface area (Å²) in [7, 11) is 0. The molecule has 22 heavy (non-hydrogen) atoms. The van der Waals surface area contributed by atoms with Gasteiger partial charge >= 0.3 is 0 Å². The minimum absolute atomic E-state index is 0.247. The Hall–Kier alpha value is -1.23. The highest BCUT2D eigenvalue weighted by molar-refractivity contribution is 7.12. The van der Waals surface area contributed by atoms with Gasteiger partial charge in [-0.25, -0.2) is 0 Å². The van der Waals surface area contributed by atoms with E-state index in [1.54, 1.807) is 0 Å². The van der Waals surface area contributed by atoms with Crippen molar-refractivity contribution < 1.29 is 0 Å². The van der Waals surface area contributed by atoms with Crippen molar-refractivity contribution in [2.45, 2.75) is 38.8 Å². The normalized spacial score (nSPS) is 20.2. The first kappa shape index (κ1) is 15.7. The van der Waals surface area contributed by atoms with Crippen LogP contribution in [-0.2, 0) is 12.0 Å². The molecular formula is C18H25N3S. The number of hydrogen-bond acceptors (Lipinski definition) is 4. The van der Waals surface area contributed by atoms with Gasteiger partial charge < -0.3 is 5.32 Å². The van der Waals surface area contributed by atoms with E-state index in [0.717, 1.165) is 26.2 Å². The first-order valence-electron chi connectivity index (χ1n) is 7.98. The van der Waals surface area contributed by atoms with E-state index in [4.69, 9.17) is 0 Å². The first-order chi connectivity index (χ1) is 10.5. The van der Waals surface area contributed by atoms with Crippen molar-refractivity contribution in [2.75, 3.05) is 19.6 Å². The van der Waals surface area contributed by atoms with Crippen LogP contribution in [0.5, 0.6) is 0 Å². The molecule has 1 unspecified atom stereocenters. The molecule has 118 valence electrons. The maximum atomic E-state index is 4.14. The van der Waals surface area contributed by atoms with Crippen LogP contribution in [0.1, 0.15) is 42.1 Å². The monoisotopic (exact) mass is 315 g/mol. The molecule has 0 saturated carbocycles. The minimum Gasteiger partial charge on any atom is -0.314 e. The molecule has 0 spiro atoms. The summed E-state index contributed by atoms with van der Waals surface area (Å²) in [5.74, 6) is 0. The Labute approximate surface area is 137 Å². The number of rotatable bonds is 3. The molecule has 1 saturated heterocycles. The molecule has 0 aliphatic carbocycles. The van der Waals surface area contributed by atoms with Crippen LogP contribution >= 0.6 is 11.3 Å². The number of hydrogen-bond donors (Lipinski definition) is 1. The quantitative estimate of drug-likeness (QED) is 0.938. The Kier molecular flexibility index (Phi) is 4.62. The van der Waals surface area contributed by atoms with Crippen LogP contribution in [0.4, 0.5) is 0 Å². The first-order valence-corrected chi connectivity index (χ1v) is 8.79. The number of thiophene rings is 1. The van der Waals surface area contributed by atoms with Gasteiger partial charge in [-0.05, 0) is 35.2 Å². The van der Waals surface area contributed by atoms with E-state index >= 15 is 0 Å². The molecule has 1 aliphatic heterocycles. The summed E-state index contributed by atoms with van der Waals surface area (Å²) >= 11 is 1.96. The lowest BCUT2D eigenvalue weighted by Gasteiger charge is -2.36. The van der Waals surface area contributed by atoms with Crippen molar-refractivity contribution in [3.8, 4) is 0 Å². The van der Waals surface area contributed by atoms with Gasteiger partial charge in [0.1, 0.15) is 0 Å². The fourth-order valence-electron chi connectivity index (χ4n) is 2.92. The highest BCUT2D eigenvalue weighted by atomic mass is 32.1. The van der Waals surface area contributed by atoms with Crippen LogP contribution in [0.25, 0.3) is 0 Å². The fourth-order valence-corrected chi connectivity index (χ4v) is 4.01. The third kappa shape index (κ3) is 3.57. The predicted molar refractivity (Wildman–Crippen MR) is 93.3 cm³/mol. The fraction of sp³-hybridized carbons (Fsp3) is 0.500. The summed E-state index contributed by atoms with van der Waals surface area (Å²) in [5, 5.41) is 3.52. The average molecular weight is 315 g/mol. The van der Waals surface area contributed by atoms with Crippen molar-refractivity contribution in [3.63, 3.8) is 0 Å². The van der Waals surface area contributed by atoms with Crippen molar-refractivity contribution in [1.29, 1.82) is 0 Å². The zero-order valence-electron chi connectivity index (χ0n) is 13.7. The minimum atomic E-state index is 0.247. The molecule has 1 atom stereocenters. The lowest BCUT2D eigenvalue weighted by atomic mass is 9.95. The van der Waals surface area contributed by atoms with Gasteiger partial charge in [-0.15, -0.1) is 11.3 Å². The number of piperazine rings is 1. The van der Waals surface area contributed by atoms with Gasteiger partial charge in [-0.1, -0.05) is 20.8 Å². The Morgan fingerprint density at radius 1 is 1.23 bits per heavy atom. The van der Waals surface area contributed by atoms with E-state index < -0.39 is 0 Å². The third-order valence-corrected chi connectivity index (χ3v) is 5.70. The summed E-state index contributed by atoms with van der Waals surface area (Å²) in [6, 6.07) is 9.32. The molecule has 0 aromatic carbocycles. The highest BCUT2D eigenvalue weighted by Gasteiger charge is 2.25. The molecule has 0 bridgehead atoms. The number of nitrogens with zero attached hydrogens (tertiary/aromatic N) is 2. The van der Waals surface area contributed by atoms with Crippen LogP contribution in [0.15, 0.2) is 36.7 Å². The topological polar surface area (TPSA) is 28.2 Å². The SMILES string of the molecule is CC(C)(C)c1ccc(CN2CCNCC2c2ccncc2)s1. The second-order valence-electron chi connectivity index (χ2n) is 6.99. The van der Waals surface area contributed by atoms with Gasteiger partial charge in [0.2, 0.25) is 0 Å². The van der Waals surface area contributed by atoms with E-state index in [2.05, 4.69) is 60.2 Å². The van der Waals surface area contributed by atoms with Crippen molar-refractivity contribution in [1.82, 2.24) is 15.2 Å². The van der Waals surface area contributed by atoms with Crippen LogP contribution in [0.2, 0.25) is 0 Å². The second-order valence-corrected chi connectivity index (χ2v) is 8.16. The van der Waals surface area contributed by atoms with E-state index in [1.807, 2.05) is 23.7 Å². The molecule has 0 radical (unpaired) electrons. The Balaban J connectivity index is 1.76. The van der Waals surface area contributed by atoms with Crippen LogP contribution in [-0.4, -0.2) is 29.5 Å². The summed E-state index contributed by atoms with van der Waals surface area (Å²) in [6.07, 6.45) is 3.79. The maximum Gasteiger partial charge on any atom is 0.0478 e. The van der Waals surface area contributed by atoms with Crippen molar-refractivity contribution in [3.05, 3.63) is 52.0 Å². The smallest absolute Gasteiger partial charge is 0.0478 e. The van der Waals surface area contributed by atoms with Gasteiger partial charge in [0.15, 0.2) is 0 Å². The van der Waals surface area contributed by atoms with Gasteiger partial charge in [0, 0.05) is 54.4 Å². The predicted octanol–water partition coefficient (Wildman–Crippen LogP) is 3.59. The largest absolute Gasteiger partial charge is 0.314 e. The van der Waals surface area contributed by atoms with Crippen LogP contribution in [0.3, 0.4) is 0 Å². The molecule has 0 amide bonds. The Bertz CT molecular complexity index is 600. The van der Waals surface area contributed by atoms with Gasteiger partial charge in [0.05, 0.1) is 0 Å². The third-order valence-electron chi connectivity index (χ3n) is 4.20. The standard InChI is InChI=1S/C18H25N3S/c1-18(2,3)17-5-4-15(22-17)13-21-11-10-20-12-16(21)14-6-8-19-9-7-14/h4-9,16,20H,10-13H2,1-3H3. The highest BCUT2D eigenvalue weighted by Crippen LogP contribution is 2.31. The van der Waals surface area contributed by atoms with Crippen molar-refractivity contribution >= 4 is 11.3 Å². The second kappa shape index (κ2) is 6.49. The molecule has 1 fully saturated rings. The molecule has 2 aromatic heterocycles. The molecule has 3 rings (SSSR count). The lowest BCUT2D eigenvalue weighted by Crippen LogP contribution is -2.45. The lowest BCUT2D eigenvalue weighted by molar-refractivity contribution is 0.155. The zero-order chi connectivity index (χ0) is 15.6. The number of pyridine rings is 1. The van der Waals surface area contributed by atoms with E-state index in [0.29, 0.717) is 6.04 Å². The van der Waals surface area contributed by atoms with Gasteiger partial charge in [0.25, 0.3) is 0 Å². The molecule has 1 aliphatic rings. The average Bonchev–Trinajstić information content (AvgIpc) is 2.97. The molecule has 3 heterocycles. The Morgan fingerprint density at radius 3 is 2.68 bits per heavy atom. The number of aromatic nitrogens is 1. The number of nitrogens with one attached hydrogen (secondary N) is 1. The molecule has 1 N–H and O–H groups in total. The summed E-state index contributed by atoms with van der Waals surface area (Å²) in [6.45, 7) is 11.1. The molecular weight excluding hydrogens is 290 g/mol. The van der Waals surface area contributed by atoms with E-state index in [9.17, 15) is 0 Å². The molecule has 4 heteroatoms. The maximum absolute atomic E-state index is 4.14. The van der Waals surface area contributed by atoms with Crippen LogP contribution < -0.4 is 5.32 Å². The summed E-state index contributed by atoms with van der Waals surface area (Å²) in [5.41, 5.74) is 1.60. The van der Waals surface area contributed by atoms with Gasteiger partial charge in [-0.3, -0.25) is 9.88 Å². The summed E-state index contributed by atoms with van der Waals surface area (Å²) < 4.78 is 0.